The summed E-state index contributed by atoms with van der Waals surface area (Å²) in [6, 6.07) is 18.4. The minimum absolute atomic E-state index is 0. The Morgan fingerprint density at radius 2 is 1.84 bits per heavy atom. The molecule has 0 saturated carbocycles. The van der Waals surface area contributed by atoms with Crippen molar-refractivity contribution < 1.29 is 9.53 Å². The van der Waals surface area contributed by atoms with Crippen LogP contribution in [0.4, 0.5) is 0 Å². The van der Waals surface area contributed by atoms with Gasteiger partial charge in [0, 0.05) is 45.1 Å². The fraction of sp³-hybridized carbons (Fsp3) is 0.440. The molecule has 32 heavy (non-hydrogen) atoms. The van der Waals surface area contributed by atoms with Crippen molar-refractivity contribution in [3.8, 4) is 5.75 Å². The first kappa shape index (κ1) is 26.0. The van der Waals surface area contributed by atoms with Gasteiger partial charge in [0.2, 0.25) is 5.91 Å². The van der Waals surface area contributed by atoms with Gasteiger partial charge in [-0.1, -0.05) is 48.5 Å². The number of nitrogens with zero attached hydrogens (tertiary/aromatic N) is 2. The zero-order valence-corrected chi connectivity index (χ0v) is 21.4. The zero-order valence-electron chi connectivity index (χ0n) is 19.0. The number of hydrogen-bond donors (Lipinski definition) is 2. The van der Waals surface area contributed by atoms with Crippen molar-refractivity contribution in [2.24, 2.45) is 10.9 Å². The number of aliphatic imine (C=N–C) groups is 1. The van der Waals surface area contributed by atoms with Gasteiger partial charge in [0.15, 0.2) is 5.96 Å². The molecule has 1 saturated heterocycles. The Bertz CT molecular complexity index is 860. The number of methoxy groups -OCH3 is 1. The van der Waals surface area contributed by atoms with Gasteiger partial charge in [-0.05, 0) is 37.0 Å². The van der Waals surface area contributed by atoms with E-state index in [2.05, 4.69) is 35.8 Å². The largest absolute Gasteiger partial charge is 0.496 e. The molecule has 0 spiro atoms. The predicted octanol–water partition coefficient (Wildman–Crippen LogP) is 3.50. The lowest BCUT2D eigenvalue weighted by atomic mass is 10.1. The summed E-state index contributed by atoms with van der Waals surface area (Å²) in [4.78, 5) is 19.1. The van der Waals surface area contributed by atoms with E-state index in [9.17, 15) is 4.79 Å². The maximum absolute atomic E-state index is 12.4. The third kappa shape index (κ3) is 8.00. The molecule has 3 rings (SSSR count). The average molecular weight is 550 g/mol. The molecule has 1 aliphatic rings. The summed E-state index contributed by atoms with van der Waals surface area (Å²) in [5.41, 5.74) is 2.44. The van der Waals surface area contributed by atoms with Crippen LogP contribution in [0.2, 0.25) is 0 Å². The molecule has 1 unspecified atom stereocenters. The Labute approximate surface area is 208 Å². The Morgan fingerprint density at radius 1 is 1.09 bits per heavy atom. The minimum Gasteiger partial charge on any atom is -0.496 e. The van der Waals surface area contributed by atoms with Gasteiger partial charge in [-0.25, -0.2) is 0 Å². The number of hydrogen-bond acceptors (Lipinski definition) is 3. The van der Waals surface area contributed by atoms with Gasteiger partial charge >= 0.3 is 0 Å². The quantitative estimate of drug-likeness (QED) is 0.270. The molecule has 2 aromatic carbocycles. The Morgan fingerprint density at radius 3 is 2.59 bits per heavy atom. The Hall–Kier alpha value is -2.29. The number of carbonyl (C=O) groups excluding carboxylic acids is 1. The molecule has 174 valence electrons. The first-order valence-corrected chi connectivity index (χ1v) is 11.2. The van der Waals surface area contributed by atoms with Crippen LogP contribution in [-0.4, -0.2) is 56.6 Å². The van der Waals surface area contributed by atoms with Crippen molar-refractivity contribution in [2.45, 2.75) is 26.2 Å². The van der Waals surface area contributed by atoms with Crippen LogP contribution in [0.15, 0.2) is 59.6 Å². The van der Waals surface area contributed by atoms with Gasteiger partial charge in [0.05, 0.1) is 7.11 Å². The number of amides is 1. The fourth-order valence-corrected chi connectivity index (χ4v) is 3.89. The van der Waals surface area contributed by atoms with E-state index in [0.29, 0.717) is 13.0 Å². The fourth-order valence-electron chi connectivity index (χ4n) is 3.89. The van der Waals surface area contributed by atoms with Crippen LogP contribution >= 0.6 is 24.0 Å². The molecule has 0 aliphatic carbocycles. The van der Waals surface area contributed by atoms with E-state index >= 15 is 0 Å². The van der Waals surface area contributed by atoms with Crippen molar-refractivity contribution in [2.75, 3.05) is 39.8 Å². The summed E-state index contributed by atoms with van der Waals surface area (Å²) in [7, 11) is 1.70. The van der Waals surface area contributed by atoms with E-state index in [4.69, 9.17) is 9.73 Å². The first-order chi connectivity index (χ1) is 15.2. The summed E-state index contributed by atoms with van der Waals surface area (Å²) in [5.74, 6) is 2.22. The van der Waals surface area contributed by atoms with Crippen molar-refractivity contribution in [3.05, 3.63) is 65.7 Å². The van der Waals surface area contributed by atoms with Gasteiger partial charge in [0.1, 0.15) is 5.75 Å². The number of benzene rings is 2. The highest BCUT2D eigenvalue weighted by Gasteiger charge is 2.29. The monoisotopic (exact) mass is 550 g/mol. The molecular formula is C25H35IN4O2. The smallest absolute Gasteiger partial charge is 0.223 e. The first-order valence-electron chi connectivity index (χ1n) is 11.2. The van der Waals surface area contributed by atoms with E-state index in [0.717, 1.165) is 50.7 Å². The lowest BCUT2D eigenvalue weighted by Crippen LogP contribution is -2.38. The van der Waals surface area contributed by atoms with E-state index in [1.54, 1.807) is 7.11 Å². The molecule has 0 bridgehead atoms. The number of guanidine groups is 1. The molecule has 7 heteroatoms. The van der Waals surface area contributed by atoms with Gasteiger partial charge in [0.25, 0.3) is 0 Å². The van der Waals surface area contributed by atoms with Crippen molar-refractivity contribution >= 4 is 35.8 Å². The van der Waals surface area contributed by atoms with Crippen LogP contribution in [0.5, 0.6) is 5.75 Å². The summed E-state index contributed by atoms with van der Waals surface area (Å²) in [6.07, 6.45) is 2.33. The molecule has 2 aromatic rings. The lowest BCUT2D eigenvalue weighted by molar-refractivity contribution is -0.127. The van der Waals surface area contributed by atoms with E-state index in [1.165, 1.54) is 11.1 Å². The lowest BCUT2D eigenvalue weighted by Gasteiger charge is -2.16. The molecular weight excluding hydrogens is 515 g/mol. The second-order valence-electron chi connectivity index (χ2n) is 7.85. The van der Waals surface area contributed by atoms with Crippen molar-refractivity contribution in [3.63, 3.8) is 0 Å². The summed E-state index contributed by atoms with van der Waals surface area (Å²) in [5, 5.41) is 6.70. The molecule has 6 nitrogen and oxygen atoms in total. The number of ether oxygens (including phenoxy) is 1. The van der Waals surface area contributed by atoms with Gasteiger partial charge in [-0.2, -0.15) is 0 Å². The maximum Gasteiger partial charge on any atom is 0.223 e. The second-order valence-corrected chi connectivity index (χ2v) is 7.85. The second kappa shape index (κ2) is 14.0. The molecule has 0 aromatic heterocycles. The number of nitrogens with one attached hydrogen (secondary N) is 2. The van der Waals surface area contributed by atoms with Gasteiger partial charge in [-0.15, -0.1) is 24.0 Å². The topological polar surface area (TPSA) is 66.0 Å². The number of likely N-dealkylation sites (tertiary alicyclic amines) is 1. The highest BCUT2D eigenvalue weighted by atomic mass is 127. The van der Waals surface area contributed by atoms with Gasteiger partial charge in [-0.3, -0.25) is 9.79 Å². The van der Waals surface area contributed by atoms with E-state index in [-0.39, 0.29) is 35.8 Å². The van der Waals surface area contributed by atoms with Crippen molar-refractivity contribution in [1.82, 2.24) is 15.5 Å². The molecule has 1 atom stereocenters. The average Bonchev–Trinajstić information content (AvgIpc) is 3.16. The van der Waals surface area contributed by atoms with E-state index < -0.39 is 0 Å². The third-order valence-corrected chi connectivity index (χ3v) is 5.54. The maximum atomic E-state index is 12.4. The van der Waals surface area contributed by atoms with Crippen LogP contribution in [-0.2, 0) is 17.6 Å². The highest BCUT2D eigenvalue weighted by Crippen LogP contribution is 2.19. The molecule has 1 heterocycles. The summed E-state index contributed by atoms with van der Waals surface area (Å²) < 4.78 is 5.42. The molecule has 2 N–H and O–H groups in total. The summed E-state index contributed by atoms with van der Waals surface area (Å²) >= 11 is 0. The Kier molecular flexibility index (Phi) is 11.3. The summed E-state index contributed by atoms with van der Waals surface area (Å²) in [6.45, 7) is 5.84. The van der Waals surface area contributed by atoms with Crippen LogP contribution in [0.25, 0.3) is 0 Å². The number of carbonyl (C=O) groups is 1. The minimum atomic E-state index is 0. The molecule has 1 amide bonds. The zero-order chi connectivity index (χ0) is 21.9. The molecule has 1 aliphatic heterocycles. The van der Waals surface area contributed by atoms with Gasteiger partial charge < -0.3 is 20.3 Å². The van der Waals surface area contributed by atoms with Crippen molar-refractivity contribution in [1.29, 1.82) is 0 Å². The van der Waals surface area contributed by atoms with Crippen LogP contribution in [0.3, 0.4) is 0 Å². The van der Waals surface area contributed by atoms with Crippen LogP contribution < -0.4 is 15.4 Å². The number of para-hydroxylation sites is 1. The standard InChI is InChI=1S/C25H34N4O2.HI/c1-3-26-25(27-15-13-22-11-7-8-12-23(22)31-2)28-18-21-17-24(30)29(19-21)16-14-20-9-5-4-6-10-20;/h4-12,21H,3,13-19H2,1-2H3,(H2,26,27,28);1H. The predicted molar refractivity (Wildman–Crippen MR) is 141 cm³/mol. The number of halogens is 1. The molecule has 1 fully saturated rings. The Balaban J connectivity index is 0.00000363. The van der Waals surface area contributed by atoms with Crippen LogP contribution in [0.1, 0.15) is 24.5 Å². The third-order valence-electron chi connectivity index (χ3n) is 5.54. The normalized spacial score (nSPS) is 15.9. The van der Waals surface area contributed by atoms with Crippen LogP contribution in [0, 0.1) is 5.92 Å². The number of rotatable bonds is 10. The van der Waals surface area contributed by atoms with E-state index in [1.807, 2.05) is 41.3 Å². The SMILES string of the molecule is CCNC(=NCC1CC(=O)N(CCc2ccccc2)C1)NCCc1ccccc1OC.I. The highest BCUT2D eigenvalue weighted by molar-refractivity contribution is 14.0. The molecule has 0 radical (unpaired) electrons.